The van der Waals surface area contributed by atoms with Crippen LogP contribution in [-0.4, -0.2) is 26.9 Å². The molecule has 138 valence electrons. The number of hydrogen-bond donors (Lipinski definition) is 1. The van der Waals surface area contributed by atoms with Crippen LogP contribution in [0.4, 0.5) is 11.4 Å². The molecule has 1 aliphatic rings. The molecular formula is C18H14N2O5S2. The second kappa shape index (κ2) is 7.77. The molecule has 0 saturated carbocycles. The molecule has 1 amide bonds. The van der Waals surface area contributed by atoms with Gasteiger partial charge in [0, 0.05) is 12.1 Å². The first-order valence-electron chi connectivity index (χ1n) is 7.89. The third kappa shape index (κ3) is 3.93. The molecule has 2 aromatic rings. The van der Waals surface area contributed by atoms with Crippen LogP contribution in [-0.2, 0) is 4.79 Å². The van der Waals surface area contributed by atoms with E-state index >= 15 is 0 Å². The number of amides is 1. The summed E-state index contributed by atoms with van der Waals surface area (Å²) in [6, 6.07) is 10.4. The van der Waals surface area contributed by atoms with Crippen molar-refractivity contribution < 1.29 is 19.6 Å². The van der Waals surface area contributed by atoms with Crippen LogP contribution in [0.2, 0.25) is 0 Å². The maximum absolute atomic E-state index is 12.8. The lowest BCUT2D eigenvalue weighted by atomic mass is 10.2. The molecule has 1 saturated heterocycles. The van der Waals surface area contributed by atoms with E-state index in [9.17, 15) is 20.0 Å². The van der Waals surface area contributed by atoms with E-state index in [1.165, 1.54) is 35.2 Å². The van der Waals surface area contributed by atoms with Gasteiger partial charge >= 0.3 is 0 Å². The second-order valence-corrected chi connectivity index (χ2v) is 7.13. The number of phenolic OH excluding ortho intramolecular Hbond substituents is 1. The van der Waals surface area contributed by atoms with Gasteiger partial charge in [-0.15, -0.1) is 0 Å². The van der Waals surface area contributed by atoms with Crippen molar-refractivity contribution >= 4 is 51.7 Å². The molecule has 7 nitrogen and oxygen atoms in total. The van der Waals surface area contributed by atoms with E-state index in [1.807, 2.05) is 0 Å². The van der Waals surface area contributed by atoms with E-state index in [1.54, 1.807) is 25.1 Å². The number of thiocarbonyl (C=S) groups is 1. The highest BCUT2D eigenvalue weighted by atomic mass is 32.2. The second-order valence-electron chi connectivity index (χ2n) is 5.45. The fourth-order valence-electron chi connectivity index (χ4n) is 2.46. The molecule has 9 heteroatoms. The first-order chi connectivity index (χ1) is 12.9. The van der Waals surface area contributed by atoms with Crippen LogP contribution in [0.1, 0.15) is 12.5 Å². The number of phenols is 1. The van der Waals surface area contributed by atoms with Gasteiger partial charge in [-0.25, -0.2) is 0 Å². The maximum atomic E-state index is 12.8. The first kappa shape index (κ1) is 18.9. The van der Waals surface area contributed by atoms with Crippen LogP contribution < -0.4 is 9.64 Å². The molecule has 1 heterocycles. The van der Waals surface area contributed by atoms with Gasteiger partial charge in [0.25, 0.3) is 11.6 Å². The highest BCUT2D eigenvalue weighted by Crippen LogP contribution is 2.37. The summed E-state index contributed by atoms with van der Waals surface area (Å²) < 4.78 is 5.69. The quantitative estimate of drug-likeness (QED) is 0.348. The van der Waals surface area contributed by atoms with Crippen LogP contribution in [0.3, 0.4) is 0 Å². The minimum atomic E-state index is -0.505. The van der Waals surface area contributed by atoms with Crippen molar-refractivity contribution in [2.24, 2.45) is 0 Å². The van der Waals surface area contributed by atoms with Gasteiger partial charge < -0.3 is 9.84 Å². The molecule has 0 unspecified atom stereocenters. The van der Waals surface area contributed by atoms with Crippen molar-refractivity contribution in [3.63, 3.8) is 0 Å². The highest BCUT2D eigenvalue weighted by molar-refractivity contribution is 8.27. The topological polar surface area (TPSA) is 92.9 Å². The van der Waals surface area contributed by atoms with E-state index < -0.39 is 4.92 Å². The molecule has 0 aromatic heterocycles. The number of nitrogens with zero attached hydrogens (tertiary/aromatic N) is 2. The van der Waals surface area contributed by atoms with Crippen molar-refractivity contribution in [2.45, 2.75) is 6.92 Å². The maximum Gasteiger partial charge on any atom is 0.270 e. The molecule has 0 radical (unpaired) electrons. The zero-order valence-electron chi connectivity index (χ0n) is 14.1. The lowest BCUT2D eigenvalue weighted by molar-refractivity contribution is -0.384. The Morgan fingerprint density at radius 3 is 2.63 bits per heavy atom. The van der Waals surface area contributed by atoms with E-state index in [2.05, 4.69) is 0 Å². The van der Waals surface area contributed by atoms with E-state index in [-0.39, 0.29) is 17.3 Å². The zero-order valence-corrected chi connectivity index (χ0v) is 15.8. The summed E-state index contributed by atoms with van der Waals surface area (Å²) in [6.07, 6.45) is 1.66. The van der Waals surface area contributed by atoms with Gasteiger partial charge in [-0.2, -0.15) is 0 Å². The van der Waals surface area contributed by atoms with E-state index in [0.29, 0.717) is 32.8 Å². The highest BCUT2D eigenvalue weighted by Gasteiger charge is 2.33. The molecule has 0 atom stereocenters. The summed E-state index contributed by atoms with van der Waals surface area (Å²) >= 11 is 6.43. The average Bonchev–Trinajstić information content (AvgIpc) is 2.91. The molecule has 1 N–H and O–H groups in total. The number of nitro groups is 1. The number of carbonyl (C=O) groups is 1. The minimum Gasteiger partial charge on any atom is -0.504 e. The normalized spacial score (nSPS) is 15.4. The van der Waals surface area contributed by atoms with Crippen molar-refractivity contribution in [2.75, 3.05) is 11.5 Å². The summed E-state index contributed by atoms with van der Waals surface area (Å²) in [4.78, 5) is 24.8. The summed E-state index contributed by atoms with van der Waals surface area (Å²) in [6.45, 7) is 2.21. The number of rotatable bonds is 5. The van der Waals surface area contributed by atoms with Gasteiger partial charge in [-0.05, 0) is 42.8 Å². The third-order valence-corrected chi connectivity index (χ3v) is 5.00. The number of ether oxygens (including phenoxy) is 1. The predicted octanol–water partition coefficient (Wildman–Crippen LogP) is 4.10. The number of carbonyl (C=O) groups excluding carboxylic acids is 1. The molecule has 1 fully saturated rings. The Labute approximate surface area is 164 Å². The Balaban J connectivity index is 1.88. The predicted molar refractivity (Wildman–Crippen MR) is 108 cm³/mol. The van der Waals surface area contributed by atoms with E-state index in [0.717, 1.165) is 11.8 Å². The number of nitro benzene ring substituents is 1. The van der Waals surface area contributed by atoms with Crippen LogP contribution in [0.25, 0.3) is 6.08 Å². The molecule has 1 aliphatic heterocycles. The molecule has 0 bridgehead atoms. The van der Waals surface area contributed by atoms with Crippen molar-refractivity contribution in [1.29, 1.82) is 0 Å². The summed E-state index contributed by atoms with van der Waals surface area (Å²) in [7, 11) is 0. The van der Waals surface area contributed by atoms with Crippen LogP contribution >= 0.6 is 24.0 Å². The van der Waals surface area contributed by atoms with Gasteiger partial charge in [-0.1, -0.05) is 30.0 Å². The van der Waals surface area contributed by atoms with Crippen LogP contribution in [0, 0.1) is 10.1 Å². The first-order valence-corrected chi connectivity index (χ1v) is 9.11. The lowest BCUT2D eigenvalue weighted by Crippen LogP contribution is -2.27. The fourth-order valence-corrected chi connectivity index (χ4v) is 3.76. The Kier molecular flexibility index (Phi) is 5.43. The minimum absolute atomic E-state index is 0.0208. The van der Waals surface area contributed by atoms with E-state index in [4.69, 9.17) is 17.0 Å². The SMILES string of the molecule is CCOc1cc(/C=C2/SC(=S)N(c3ccc([N+](=O)[O-])cc3)C2=O)ccc1O. The molecule has 0 aliphatic carbocycles. The number of aromatic hydroxyl groups is 1. The molecule has 2 aromatic carbocycles. The standard InChI is InChI=1S/C18H14N2O5S2/c1-2-25-15-9-11(3-8-14(15)21)10-16-17(22)19(18(26)27-16)12-4-6-13(7-5-12)20(23)24/h3-10,21H,2H2,1H3/b16-10+. The summed E-state index contributed by atoms with van der Waals surface area (Å²) in [5.74, 6) is 0.0365. The lowest BCUT2D eigenvalue weighted by Gasteiger charge is -2.14. The Morgan fingerprint density at radius 2 is 2.00 bits per heavy atom. The number of hydrogen-bond acceptors (Lipinski definition) is 7. The van der Waals surface area contributed by atoms with Crippen molar-refractivity contribution in [1.82, 2.24) is 0 Å². The largest absolute Gasteiger partial charge is 0.504 e. The van der Waals surface area contributed by atoms with Crippen molar-refractivity contribution in [3.05, 3.63) is 63.0 Å². The van der Waals surface area contributed by atoms with Gasteiger partial charge in [0.2, 0.25) is 0 Å². The van der Waals surface area contributed by atoms with Gasteiger partial charge in [0.15, 0.2) is 15.8 Å². The van der Waals surface area contributed by atoms with Crippen LogP contribution in [0.5, 0.6) is 11.5 Å². The summed E-state index contributed by atoms with van der Waals surface area (Å²) in [5, 5.41) is 20.6. The van der Waals surface area contributed by atoms with Gasteiger partial charge in [0.1, 0.15) is 0 Å². The van der Waals surface area contributed by atoms with Crippen molar-refractivity contribution in [3.8, 4) is 11.5 Å². The Bertz CT molecular complexity index is 957. The average molecular weight is 402 g/mol. The molecular weight excluding hydrogens is 388 g/mol. The summed E-state index contributed by atoms with van der Waals surface area (Å²) in [5.41, 5.74) is 1.08. The third-order valence-electron chi connectivity index (χ3n) is 3.69. The Hall–Kier alpha value is -2.91. The van der Waals surface area contributed by atoms with Crippen LogP contribution in [0.15, 0.2) is 47.4 Å². The number of benzene rings is 2. The smallest absolute Gasteiger partial charge is 0.270 e. The van der Waals surface area contributed by atoms with Gasteiger partial charge in [-0.3, -0.25) is 19.8 Å². The number of anilines is 1. The fraction of sp³-hybridized carbons (Fsp3) is 0.111. The molecule has 3 rings (SSSR count). The van der Waals surface area contributed by atoms with Gasteiger partial charge in [0.05, 0.1) is 22.1 Å². The zero-order chi connectivity index (χ0) is 19.6. The number of thioether (sulfide) groups is 1. The Morgan fingerprint density at radius 1 is 1.30 bits per heavy atom. The number of non-ortho nitro benzene ring substituents is 1. The molecule has 27 heavy (non-hydrogen) atoms. The molecule has 0 spiro atoms. The monoisotopic (exact) mass is 402 g/mol.